The molecule has 144 valence electrons. The van der Waals surface area contributed by atoms with Gasteiger partial charge in [-0.3, -0.25) is 0 Å². The van der Waals surface area contributed by atoms with Crippen molar-refractivity contribution in [2.45, 2.75) is 27.2 Å². The molecule has 8 heteroatoms. The van der Waals surface area contributed by atoms with Gasteiger partial charge in [0.1, 0.15) is 29.9 Å². The molecule has 2 N–H and O–H groups in total. The van der Waals surface area contributed by atoms with Crippen molar-refractivity contribution in [2.24, 2.45) is 0 Å². The quantitative estimate of drug-likeness (QED) is 0.599. The van der Waals surface area contributed by atoms with Crippen molar-refractivity contribution in [3.63, 3.8) is 0 Å². The van der Waals surface area contributed by atoms with Gasteiger partial charge in [0.15, 0.2) is 0 Å². The zero-order chi connectivity index (χ0) is 19.9. The van der Waals surface area contributed by atoms with Gasteiger partial charge in [-0.2, -0.15) is 0 Å². The molecule has 3 rings (SSSR count). The number of esters is 1. The van der Waals surface area contributed by atoms with E-state index in [9.17, 15) is 4.79 Å². The van der Waals surface area contributed by atoms with E-state index in [0.29, 0.717) is 11.6 Å². The summed E-state index contributed by atoms with van der Waals surface area (Å²) in [5, 5.41) is 6.51. The van der Waals surface area contributed by atoms with E-state index < -0.39 is 5.97 Å². The number of carbonyl (C=O) groups excluding carboxylic acids is 1. The van der Waals surface area contributed by atoms with Crippen LogP contribution in [-0.4, -0.2) is 32.5 Å². The predicted molar refractivity (Wildman–Crippen MR) is 107 cm³/mol. The second-order valence-corrected chi connectivity index (χ2v) is 6.03. The Labute approximate surface area is 163 Å². The fraction of sp³-hybridized carbons (Fsp3) is 0.250. The third kappa shape index (κ3) is 4.59. The van der Waals surface area contributed by atoms with Gasteiger partial charge < -0.3 is 15.4 Å². The first-order valence-electron chi connectivity index (χ1n) is 9.03. The maximum atomic E-state index is 12.2. The molecule has 0 bridgehead atoms. The Kier molecular flexibility index (Phi) is 6.11. The number of benzene rings is 1. The largest absolute Gasteiger partial charge is 0.462 e. The lowest BCUT2D eigenvalue weighted by Crippen LogP contribution is -2.10. The predicted octanol–water partition coefficient (Wildman–Crippen LogP) is 3.80. The van der Waals surface area contributed by atoms with Crippen LogP contribution in [0.5, 0.6) is 0 Å². The van der Waals surface area contributed by atoms with Crippen molar-refractivity contribution in [3.8, 4) is 0 Å². The lowest BCUT2D eigenvalue weighted by atomic mass is 10.1. The minimum atomic E-state index is -0.464. The molecule has 0 spiro atoms. The summed E-state index contributed by atoms with van der Waals surface area (Å²) in [4.78, 5) is 28.7. The Balaban J connectivity index is 1.90. The first kappa shape index (κ1) is 19.2. The minimum Gasteiger partial charge on any atom is -0.462 e. The van der Waals surface area contributed by atoms with Crippen LogP contribution in [0.1, 0.15) is 35.5 Å². The van der Waals surface area contributed by atoms with Gasteiger partial charge in [0, 0.05) is 29.3 Å². The summed E-state index contributed by atoms with van der Waals surface area (Å²) in [6, 6.07) is 7.81. The highest BCUT2D eigenvalue weighted by atomic mass is 16.5. The summed E-state index contributed by atoms with van der Waals surface area (Å²) >= 11 is 0. The van der Waals surface area contributed by atoms with Crippen LogP contribution in [0, 0.1) is 6.92 Å². The zero-order valence-electron chi connectivity index (χ0n) is 16.1. The fourth-order valence-electron chi connectivity index (χ4n) is 2.66. The second-order valence-electron chi connectivity index (χ2n) is 6.03. The van der Waals surface area contributed by atoms with Crippen LogP contribution < -0.4 is 10.6 Å². The van der Waals surface area contributed by atoms with Crippen molar-refractivity contribution in [1.82, 2.24) is 19.9 Å². The average molecular weight is 378 g/mol. The molecule has 0 amide bonds. The van der Waals surface area contributed by atoms with E-state index >= 15 is 0 Å². The van der Waals surface area contributed by atoms with E-state index in [2.05, 4.69) is 37.5 Å². The number of hydrogen-bond donors (Lipinski definition) is 2. The van der Waals surface area contributed by atoms with E-state index in [-0.39, 0.29) is 12.2 Å². The number of anilines is 4. The Bertz CT molecular complexity index is 976. The molecule has 3 aromatic rings. The van der Waals surface area contributed by atoms with Crippen molar-refractivity contribution in [3.05, 3.63) is 59.9 Å². The molecular weight excluding hydrogens is 356 g/mol. The van der Waals surface area contributed by atoms with Gasteiger partial charge in [-0.1, -0.05) is 13.0 Å². The van der Waals surface area contributed by atoms with Crippen molar-refractivity contribution in [1.29, 1.82) is 0 Å². The summed E-state index contributed by atoms with van der Waals surface area (Å²) in [6.07, 6.45) is 5.17. The molecular formula is C20H22N6O2. The molecule has 0 fully saturated rings. The van der Waals surface area contributed by atoms with Gasteiger partial charge in [0.2, 0.25) is 0 Å². The number of rotatable bonds is 7. The van der Waals surface area contributed by atoms with Crippen LogP contribution in [0.25, 0.3) is 0 Å². The highest BCUT2D eigenvalue weighted by molar-refractivity contribution is 5.95. The highest BCUT2D eigenvalue weighted by Crippen LogP contribution is 2.27. The number of nitrogens with zero attached hydrogens (tertiary/aromatic N) is 4. The van der Waals surface area contributed by atoms with Crippen molar-refractivity contribution in [2.75, 3.05) is 17.2 Å². The Morgan fingerprint density at radius 3 is 2.68 bits per heavy atom. The van der Waals surface area contributed by atoms with Gasteiger partial charge >= 0.3 is 5.97 Å². The smallest absolute Gasteiger partial charge is 0.343 e. The first-order valence-corrected chi connectivity index (χ1v) is 9.03. The molecule has 0 radical (unpaired) electrons. The number of hydrogen-bond acceptors (Lipinski definition) is 8. The standard InChI is InChI=1S/C20H22N6O2/c1-4-14-6-7-15(25-18-8-13(3)22-12-23-18)9-17(14)26-19-16(10-21-11-24-19)20(27)28-5-2/h6-12H,4-5H2,1-3H3,(H,21,24,26)(H,22,23,25). The average Bonchev–Trinajstić information content (AvgIpc) is 2.69. The van der Waals surface area contributed by atoms with Crippen LogP contribution >= 0.6 is 0 Å². The number of aryl methyl sites for hydroxylation is 2. The van der Waals surface area contributed by atoms with Crippen LogP contribution in [0.4, 0.5) is 23.0 Å². The molecule has 0 aliphatic carbocycles. The monoisotopic (exact) mass is 378 g/mol. The van der Waals surface area contributed by atoms with E-state index in [1.807, 2.05) is 31.2 Å². The molecule has 0 saturated heterocycles. The van der Waals surface area contributed by atoms with E-state index in [1.54, 1.807) is 6.92 Å². The summed E-state index contributed by atoms with van der Waals surface area (Å²) < 4.78 is 5.09. The maximum Gasteiger partial charge on any atom is 0.343 e. The summed E-state index contributed by atoms with van der Waals surface area (Å²) in [7, 11) is 0. The molecule has 0 aliphatic rings. The Morgan fingerprint density at radius 1 is 1.07 bits per heavy atom. The number of aromatic nitrogens is 4. The van der Waals surface area contributed by atoms with Crippen LogP contribution in [0.3, 0.4) is 0 Å². The van der Waals surface area contributed by atoms with E-state index in [1.165, 1.54) is 18.9 Å². The van der Waals surface area contributed by atoms with Gasteiger partial charge in [-0.25, -0.2) is 24.7 Å². The van der Waals surface area contributed by atoms with Gasteiger partial charge in [-0.15, -0.1) is 0 Å². The molecule has 0 saturated carbocycles. The first-order chi connectivity index (χ1) is 13.6. The summed E-state index contributed by atoms with van der Waals surface area (Å²) in [6.45, 7) is 6.01. The van der Waals surface area contributed by atoms with Crippen LogP contribution in [-0.2, 0) is 11.2 Å². The molecule has 2 heterocycles. The minimum absolute atomic E-state index is 0.283. The molecule has 8 nitrogen and oxygen atoms in total. The molecule has 0 atom stereocenters. The SMILES string of the molecule is CCOC(=O)c1cncnc1Nc1cc(Nc2cc(C)ncn2)ccc1CC. The number of ether oxygens (including phenoxy) is 1. The fourth-order valence-corrected chi connectivity index (χ4v) is 2.66. The molecule has 0 unspecified atom stereocenters. The summed E-state index contributed by atoms with van der Waals surface area (Å²) in [5.74, 6) is 0.643. The number of nitrogens with one attached hydrogen (secondary N) is 2. The maximum absolute atomic E-state index is 12.2. The number of carbonyl (C=O) groups is 1. The topological polar surface area (TPSA) is 102 Å². The Morgan fingerprint density at radius 2 is 1.93 bits per heavy atom. The second kappa shape index (κ2) is 8.90. The highest BCUT2D eigenvalue weighted by Gasteiger charge is 2.15. The van der Waals surface area contributed by atoms with Gasteiger partial charge in [-0.05, 0) is 38.0 Å². The molecule has 2 aromatic heterocycles. The lowest BCUT2D eigenvalue weighted by Gasteiger charge is -2.15. The Hall–Kier alpha value is -3.55. The molecule has 1 aromatic carbocycles. The van der Waals surface area contributed by atoms with Crippen LogP contribution in [0.2, 0.25) is 0 Å². The zero-order valence-corrected chi connectivity index (χ0v) is 16.1. The molecule has 28 heavy (non-hydrogen) atoms. The molecule has 0 aliphatic heterocycles. The van der Waals surface area contributed by atoms with E-state index in [4.69, 9.17) is 4.74 Å². The van der Waals surface area contributed by atoms with Crippen molar-refractivity contribution < 1.29 is 9.53 Å². The van der Waals surface area contributed by atoms with Crippen molar-refractivity contribution >= 4 is 29.0 Å². The third-order valence-electron chi connectivity index (χ3n) is 4.03. The lowest BCUT2D eigenvalue weighted by molar-refractivity contribution is 0.0526. The third-order valence-corrected chi connectivity index (χ3v) is 4.03. The summed E-state index contributed by atoms with van der Waals surface area (Å²) in [5.41, 5.74) is 3.93. The van der Waals surface area contributed by atoms with Crippen LogP contribution in [0.15, 0.2) is 43.1 Å². The normalized spacial score (nSPS) is 10.4. The van der Waals surface area contributed by atoms with E-state index in [0.717, 1.165) is 29.1 Å². The van der Waals surface area contributed by atoms with Gasteiger partial charge in [0.05, 0.1) is 6.61 Å². The van der Waals surface area contributed by atoms with Gasteiger partial charge in [0.25, 0.3) is 0 Å².